The van der Waals surface area contributed by atoms with Gasteiger partial charge in [-0.15, -0.1) is 0 Å². The normalized spacial score (nSPS) is 14.6. The third-order valence-electron chi connectivity index (χ3n) is 7.01. The maximum Gasteiger partial charge on any atom is 0.291 e. The van der Waals surface area contributed by atoms with Crippen molar-refractivity contribution in [1.29, 1.82) is 0 Å². The number of benzene rings is 3. The van der Waals surface area contributed by atoms with Gasteiger partial charge in [-0.3, -0.25) is 9.59 Å². The second kappa shape index (κ2) is 11.8. The van der Waals surface area contributed by atoms with Gasteiger partial charge in [0, 0.05) is 18.7 Å². The number of anilines is 1. The highest BCUT2D eigenvalue weighted by molar-refractivity contribution is 6.02. The number of nitrogens with one attached hydrogen (secondary N) is 1. The largest absolute Gasteiger partial charge is 0.486 e. The van der Waals surface area contributed by atoms with E-state index < -0.39 is 0 Å². The van der Waals surface area contributed by atoms with E-state index in [1.165, 1.54) is 12.1 Å². The molecule has 2 amide bonds. The molecule has 1 unspecified atom stereocenters. The van der Waals surface area contributed by atoms with Crippen LogP contribution in [0.15, 0.2) is 83.3 Å². The Bertz CT molecular complexity index is 1490. The first kappa shape index (κ1) is 27.2. The maximum absolute atomic E-state index is 13.7. The molecular weight excluding hydrogens is 507 g/mol. The number of nitrogens with zero attached hydrogens (tertiary/aromatic N) is 1. The first-order valence-corrected chi connectivity index (χ1v) is 13.5. The fourth-order valence-electron chi connectivity index (χ4n) is 4.98. The van der Waals surface area contributed by atoms with Crippen LogP contribution in [0.4, 0.5) is 10.1 Å². The highest BCUT2D eigenvalue weighted by Gasteiger charge is 2.32. The monoisotopic (exact) mass is 540 g/mol. The van der Waals surface area contributed by atoms with E-state index in [4.69, 9.17) is 9.15 Å². The molecule has 0 bridgehead atoms. The molecule has 1 aliphatic rings. The number of hydrogen-bond donors (Lipinski definition) is 1. The van der Waals surface area contributed by atoms with Gasteiger partial charge in [-0.1, -0.05) is 49.7 Å². The Morgan fingerprint density at radius 1 is 1.02 bits per heavy atom. The Labute approximate surface area is 233 Å². The first-order chi connectivity index (χ1) is 19.3. The maximum atomic E-state index is 13.7. The summed E-state index contributed by atoms with van der Waals surface area (Å²) in [5.74, 6) is 0.976. The van der Waals surface area contributed by atoms with Crippen molar-refractivity contribution in [2.24, 2.45) is 5.92 Å². The summed E-state index contributed by atoms with van der Waals surface area (Å²) in [6, 6.07) is 22.8. The number of carbonyl (C=O) groups is 2. The Morgan fingerprint density at radius 3 is 2.50 bits per heavy atom. The van der Waals surface area contributed by atoms with Gasteiger partial charge in [0.1, 0.15) is 23.9 Å². The molecule has 0 fully saturated rings. The van der Waals surface area contributed by atoms with Crippen LogP contribution >= 0.6 is 0 Å². The Balaban J connectivity index is 1.33. The lowest BCUT2D eigenvalue weighted by Crippen LogP contribution is -2.41. The van der Waals surface area contributed by atoms with E-state index in [1.807, 2.05) is 68.1 Å². The molecule has 1 aliphatic heterocycles. The second-order valence-corrected chi connectivity index (χ2v) is 10.6. The third kappa shape index (κ3) is 6.25. The van der Waals surface area contributed by atoms with Crippen LogP contribution < -0.4 is 10.1 Å². The summed E-state index contributed by atoms with van der Waals surface area (Å²) in [6.45, 7) is 6.77. The summed E-state index contributed by atoms with van der Waals surface area (Å²) in [7, 11) is 0. The van der Waals surface area contributed by atoms with Crippen molar-refractivity contribution in [3.05, 3.63) is 118 Å². The highest BCUT2D eigenvalue weighted by Crippen LogP contribution is 2.38. The lowest BCUT2D eigenvalue weighted by Gasteiger charge is -2.38. The van der Waals surface area contributed by atoms with Crippen LogP contribution in [0.3, 0.4) is 0 Å². The van der Waals surface area contributed by atoms with Crippen LogP contribution in [0.2, 0.25) is 0 Å². The summed E-state index contributed by atoms with van der Waals surface area (Å²) < 4.78 is 25.5. The number of fused-ring (bicyclic) bond motifs is 1. The molecule has 0 spiro atoms. The molecular formula is C33H33FN2O4. The molecule has 0 saturated carbocycles. The van der Waals surface area contributed by atoms with Gasteiger partial charge in [-0.25, -0.2) is 4.39 Å². The van der Waals surface area contributed by atoms with Gasteiger partial charge in [0.05, 0.1) is 6.04 Å². The van der Waals surface area contributed by atoms with E-state index in [-0.39, 0.29) is 42.0 Å². The van der Waals surface area contributed by atoms with Crippen molar-refractivity contribution in [1.82, 2.24) is 4.90 Å². The highest BCUT2D eigenvalue weighted by atomic mass is 19.1. The quantitative estimate of drug-likeness (QED) is 0.259. The smallest absolute Gasteiger partial charge is 0.291 e. The zero-order valence-corrected chi connectivity index (χ0v) is 22.9. The number of rotatable bonds is 8. The molecule has 5 rings (SSSR count). The molecule has 1 atom stereocenters. The molecule has 0 saturated heterocycles. The summed E-state index contributed by atoms with van der Waals surface area (Å²) in [5.41, 5.74) is 4.74. The minimum absolute atomic E-state index is 0.0772. The number of furan rings is 1. The molecule has 1 aromatic heterocycles. The predicted molar refractivity (Wildman–Crippen MR) is 152 cm³/mol. The zero-order chi connectivity index (χ0) is 28.2. The molecule has 0 aliphatic carbocycles. The van der Waals surface area contributed by atoms with Crippen LogP contribution in [0.1, 0.15) is 64.9 Å². The number of amides is 2. The predicted octanol–water partition coefficient (Wildman–Crippen LogP) is 7.08. The van der Waals surface area contributed by atoms with Gasteiger partial charge in [-0.05, 0) is 84.5 Å². The third-order valence-corrected chi connectivity index (χ3v) is 7.01. The summed E-state index contributed by atoms with van der Waals surface area (Å²) in [5, 5.41) is 2.83. The van der Waals surface area contributed by atoms with Gasteiger partial charge in [0.2, 0.25) is 5.91 Å². The Hall–Kier alpha value is -4.39. The lowest BCUT2D eigenvalue weighted by atomic mass is 9.87. The van der Waals surface area contributed by atoms with Gasteiger partial charge in [-0.2, -0.15) is 0 Å². The van der Waals surface area contributed by atoms with Gasteiger partial charge in [0.25, 0.3) is 5.91 Å². The van der Waals surface area contributed by atoms with Crippen molar-refractivity contribution in [3.8, 4) is 5.75 Å². The molecule has 40 heavy (non-hydrogen) atoms. The fourth-order valence-corrected chi connectivity index (χ4v) is 4.98. The summed E-state index contributed by atoms with van der Waals surface area (Å²) in [6.07, 6.45) is 1.18. The van der Waals surface area contributed by atoms with Crippen LogP contribution in [0, 0.1) is 18.7 Å². The van der Waals surface area contributed by atoms with Gasteiger partial charge in [0.15, 0.2) is 5.76 Å². The molecule has 7 heteroatoms. The topological polar surface area (TPSA) is 71.8 Å². The molecule has 6 nitrogen and oxygen atoms in total. The first-order valence-electron chi connectivity index (χ1n) is 13.5. The summed E-state index contributed by atoms with van der Waals surface area (Å²) in [4.78, 5) is 27.7. The van der Waals surface area contributed by atoms with Gasteiger partial charge < -0.3 is 19.4 Å². The van der Waals surface area contributed by atoms with Crippen molar-refractivity contribution >= 4 is 17.5 Å². The second-order valence-electron chi connectivity index (χ2n) is 10.6. The van der Waals surface area contributed by atoms with Crippen molar-refractivity contribution in [3.63, 3.8) is 0 Å². The number of hydrogen-bond acceptors (Lipinski definition) is 4. The van der Waals surface area contributed by atoms with Crippen LogP contribution in [-0.2, 0) is 17.8 Å². The van der Waals surface area contributed by atoms with E-state index in [2.05, 4.69) is 5.32 Å². The summed E-state index contributed by atoms with van der Waals surface area (Å²) >= 11 is 0. The average Bonchev–Trinajstić information content (AvgIpc) is 3.42. The molecule has 3 aromatic carbocycles. The van der Waals surface area contributed by atoms with Crippen molar-refractivity contribution in [2.45, 2.75) is 46.3 Å². The number of carbonyl (C=O) groups excluding carboxylic acids is 2. The van der Waals surface area contributed by atoms with E-state index >= 15 is 0 Å². The molecule has 0 radical (unpaired) electrons. The molecule has 1 N–H and O–H groups in total. The number of halogens is 1. The van der Waals surface area contributed by atoms with Crippen molar-refractivity contribution < 1.29 is 23.1 Å². The SMILES string of the molecule is Cc1ccc(NC(=O)c2ccc(COc3ccc4c(c3)C(c3ccc(F)cc3)N(C(=O)CC(C)C)CC4)o2)cc1. The van der Waals surface area contributed by atoms with Crippen LogP contribution in [-0.4, -0.2) is 23.3 Å². The standard InChI is InChI=1S/C33H33FN2O4/c1-21(2)18-31(37)36-17-16-23-8-13-27(19-29(23)32(36)24-6-9-25(34)10-7-24)39-20-28-14-15-30(40-28)33(38)35-26-11-4-22(3)5-12-26/h4-15,19,21,32H,16-18,20H2,1-3H3,(H,35,38). The molecule has 4 aromatic rings. The van der Waals surface area contributed by atoms with E-state index in [0.29, 0.717) is 30.2 Å². The molecule has 206 valence electrons. The van der Waals surface area contributed by atoms with E-state index in [9.17, 15) is 14.0 Å². The minimum atomic E-state index is -0.336. The Morgan fingerprint density at radius 2 is 1.77 bits per heavy atom. The van der Waals surface area contributed by atoms with Crippen LogP contribution in [0.5, 0.6) is 5.75 Å². The van der Waals surface area contributed by atoms with Gasteiger partial charge >= 0.3 is 0 Å². The van der Waals surface area contributed by atoms with E-state index in [1.54, 1.807) is 24.3 Å². The van der Waals surface area contributed by atoms with Crippen molar-refractivity contribution in [2.75, 3.05) is 11.9 Å². The number of aryl methyl sites for hydroxylation is 1. The zero-order valence-electron chi connectivity index (χ0n) is 22.9. The average molecular weight is 541 g/mol. The fraction of sp³-hybridized carbons (Fsp3) is 0.273. The number of ether oxygens (including phenoxy) is 1. The Kier molecular flexibility index (Phi) is 8.01. The van der Waals surface area contributed by atoms with Crippen LogP contribution in [0.25, 0.3) is 0 Å². The lowest BCUT2D eigenvalue weighted by molar-refractivity contribution is -0.134. The minimum Gasteiger partial charge on any atom is -0.486 e. The molecule has 2 heterocycles. The van der Waals surface area contributed by atoms with E-state index in [0.717, 1.165) is 28.7 Å².